The summed E-state index contributed by atoms with van der Waals surface area (Å²) >= 11 is 0. The third-order valence-electron chi connectivity index (χ3n) is 3.50. The zero-order valence-electron chi connectivity index (χ0n) is 14.4. The minimum atomic E-state index is -0.581. The Hall–Kier alpha value is -2.83. The fourth-order valence-electron chi connectivity index (χ4n) is 2.31. The molecule has 0 saturated heterocycles. The summed E-state index contributed by atoms with van der Waals surface area (Å²) < 4.78 is 36.8. The molecule has 0 heterocycles. The van der Waals surface area contributed by atoms with Gasteiger partial charge in [-0.25, -0.2) is 8.78 Å². The number of halogens is 2. The molecule has 0 aliphatic rings. The van der Waals surface area contributed by atoms with Gasteiger partial charge >= 0.3 is 0 Å². The second kappa shape index (κ2) is 8.86. The van der Waals surface area contributed by atoms with E-state index in [0.717, 1.165) is 11.8 Å². The number of aliphatic imine (C=N–C) groups is 1. The molecule has 0 aliphatic carbocycles. The van der Waals surface area contributed by atoms with E-state index in [1.165, 1.54) is 12.1 Å². The molecule has 0 unspecified atom stereocenters. The highest BCUT2D eigenvalue weighted by molar-refractivity contribution is 5.93. The predicted molar refractivity (Wildman–Crippen MR) is 94.6 cm³/mol. The van der Waals surface area contributed by atoms with Gasteiger partial charge in [-0.3, -0.25) is 4.99 Å². The molecule has 25 heavy (non-hydrogen) atoms. The van der Waals surface area contributed by atoms with Crippen molar-refractivity contribution in [2.24, 2.45) is 4.99 Å². The molecule has 2 aromatic rings. The monoisotopic (exact) mass is 349 g/mol. The maximum absolute atomic E-state index is 13.2. The summed E-state index contributed by atoms with van der Waals surface area (Å²) in [6.07, 6.45) is 0.460. The van der Waals surface area contributed by atoms with Gasteiger partial charge in [-0.05, 0) is 36.2 Å². The first kappa shape index (κ1) is 18.5. The van der Waals surface area contributed by atoms with Crippen LogP contribution in [0.5, 0.6) is 11.5 Å². The second-order valence-corrected chi connectivity index (χ2v) is 5.22. The fourth-order valence-corrected chi connectivity index (χ4v) is 2.31. The minimum Gasteiger partial charge on any atom is -0.493 e. The van der Waals surface area contributed by atoms with E-state index in [2.05, 4.69) is 15.6 Å². The molecule has 0 radical (unpaired) electrons. The van der Waals surface area contributed by atoms with Crippen LogP contribution < -0.4 is 20.1 Å². The van der Waals surface area contributed by atoms with Crippen molar-refractivity contribution in [3.8, 4) is 11.5 Å². The number of guanidine groups is 1. The molecule has 0 aromatic heterocycles. The predicted octanol–water partition coefficient (Wildman–Crippen LogP) is 3.21. The van der Waals surface area contributed by atoms with Crippen LogP contribution in [0.1, 0.15) is 5.56 Å². The van der Waals surface area contributed by atoms with Crippen molar-refractivity contribution in [2.75, 3.05) is 33.1 Å². The molecule has 0 atom stereocenters. The summed E-state index contributed by atoms with van der Waals surface area (Å²) in [6, 6.07) is 8.88. The maximum Gasteiger partial charge on any atom is 0.195 e. The molecule has 0 aliphatic heterocycles. The van der Waals surface area contributed by atoms with Crippen LogP contribution in [0.2, 0.25) is 0 Å². The molecule has 2 aromatic carbocycles. The quantitative estimate of drug-likeness (QED) is 0.621. The van der Waals surface area contributed by atoms with Crippen LogP contribution in [0.15, 0.2) is 41.4 Å². The van der Waals surface area contributed by atoms with Crippen LogP contribution in [0, 0.1) is 11.6 Å². The van der Waals surface area contributed by atoms with E-state index in [1.807, 2.05) is 6.07 Å². The molecule has 0 bridgehead atoms. The van der Waals surface area contributed by atoms with Gasteiger partial charge in [-0.15, -0.1) is 0 Å². The number of nitrogens with zero attached hydrogens (tertiary/aromatic N) is 1. The standard InChI is InChI=1S/C18H21F2N3O2/c1-21-18(22-7-6-12-8-13(19)10-14(20)9-12)23-15-4-5-16(24-2)17(11-15)25-3/h4-5,8-11H,6-7H2,1-3H3,(H2,21,22,23). The number of hydrogen-bond acceptors (Lipinski definition) is 3. The normalized spacial score (nSPS) is 11.2. The first-order valence-electron chi connectivity index (χ1n) is 7.70. The minimum absolute atomic E-state index is 0.460. The summed E-state index contributed by atoms with van der Waals surface area (Å²) in [5.74, 6) is 0.595. The Labute approximate surface area is 145 Å². The van der Waals surface area contributed by atoms with Crippen molar-refractivity contribution >= 4 is 11.6 Å². The highest BCUT2D eigenvalue weighted by atomic mass is 19.1. The van der Waals surface area contributed by atoms with Crippen LogP contribution in [0.3, 0.4) is 0 Å². The summed E-state index contributed by atoms with van der Waals surface area (Å²) in [6.45, 7) is 0.468. The topological polar surface area (TPSA) is 54.9 Å². The summed E-state index contributed by atoms with van der Waals surface area (Å²) in [5.41, 5.74) is 1.34. The Morgan fingerprint density at radius 1 is 1.00 bits per heavy atom. The zero-order valence-corrected chi connectivity index (χ0v) is 14.4. The molecule has 0 fully saturated rings. The van der Waals surface area contributed by atoms with Crippen LogP contribution in [0.4, 0.5) is 14.5 Å². The molecule has 134 valence electrons. The Bertz CT molecular complexity index is 731. The van der Waals surface area contributed by atoms with Crippen LogP contribution in [-0.4, -0.2) is 33.8 Å². The van der Waals surface area contributed by atoms with Crippen molar-refractivity contribution < 1.29 is 18.3 Å². The van der Waals surface area contributed by atoms with E-state index < -0.39 is 11.6 Å². The Morgan fingerprint density at radius 3 is 2.28 bits per heavy atom. The van der Waals surface area contributed by atoms with Crippen molar-refractivity contribution in [3.63, 3.8) is 0 Å². The van der Waals surface area contributed by atoms with E-state index in [4.69, 9.17) is 9.47 Å². The van der Waals surface area contributed by atoms with Gasteiger partial charge in [0.15, 0.2) is 17.5 Å². The lowest BCUT2D eigenvalue weighted by atomic mass is 10.1. The summed E-state index contributed by atoms with van der Waals surface area (Å²) in [4.78, 5) is 4.12. The number of methoxy groups -OCH3 is 2. The van der Waals surface area contributed by atoms with E-state index in [1.54, 1.807) is 33.4 Å². The smallest absolute Gasteiger partial charge is 0.195 e. The summed E-state index contributed by atoms with van der Waals surface area (Å²) in [7, 11) is 4.77. The van der Waals surface area contributed by atoms with Crippen molar-refractivity contribution in [3.05, 3.63) is 53.6 Å². The van der Waals surface area contributed by atoms with E-state index in [-0.39, 0.29) is 0 Å². The number of anilines is 1. The molecule has 5 nitrogen and oxygen atoms in total. The van der Waals surface area contributed by atoms with E-state index >= 15 is 0 Å². The lowest BCUT2D eigenvalue weighted by molar-refractivity contribution is 0.355. The maximum atomic E-state index is 13.2. The van der Waals surface area contributed by atoms with E-state index in [9.17, 15) is 8.78 Å². The molecular weight excluding hydrogens is 328 g/mol. The molecule has 0 amide bonds. The first-order valence-corrected chi connectivity index (χ1v) is 7.70. The van der Waals surface area contributed by atoms with Crippen molar-refractivity contribution in [2.45, 2.75) is 6.42 Å². The fraction of sp³-hybridized carbons (Fsp3) is 0.278. The molecule has 0 spiro atoms. The van der Waals surface area contributed by atoms with E-state index in [0.29, 0.717) is 36.0 Å². The molecule has 0 saturated carbocycles. The largest absolute Gasteiger partial charge is 0.493 e. The van der Waals surface area contributed by atoms with Gasteiger partial charge in [-0.2, -0.15) is 0 Å². The van der Waals surface area contributed by atoms with Gasteiger partial charge in [0.2, 0.25) is 0 Å². The van der Waals surface area contributed by atoms with Crippen LogP contribution in [0.25, 0.3) is 0 Å². The lowest BCUT2D eigenvalue weighted by Crippen LogP contribution is -2.32. The molecule has 7 heteroatoms. The molecule has 2 N–H and O–H groups in total. The number of ether oxygens (including phenoxy) is 2. The Morgan fingerprint density at radius 2 is 1.68 bits per heavy atom. The number of rotatable bonds is 6. The Balaban J connectivity index is 1.94. The highest BCUT2D eigenvalue weighted by Gasteiger charge is 2.06. The van der Waals surface area contributed by atoms with Gasteiger partial charge in [0.25, 0.3) is 0 Å². The second-order valence-electron chi connectivity index (χ2n) is 5.22. The van der Waals surface area contributed by atoms with Crippen molar-refractivity contribution in [1.82, 2.24) is 5.32 Å². The molecular formula is C18H21F2N3O2. The average molecular weight is 349 g/mol. The number of benzene rings is 2. The van der Waals surface area contributed by atoms with Crippen LogP contribution >= 0.6 is 0 Å². The third-order valence-corrected chi connectivity index (χ3v) is 3.50. The average Bonchev–Trinajstić information content (AvgIpc) is 2.59. The van der Waals surface area contributed by atoms with Crippen molar-refractivity contribution in [1.29, 1.82) is 0 Å². The van der Waals surface area contributed by atoms with Crippen LogP contribution in [-0.2, 0) is 6.42 Å². The number of nitrogens with one attached hydrogen (secondary N) is 2. The van der Waals surface area contributed by atoms with Gasteiger partial charge in [0, 0.05) is 31.4 Å². The third kappa shape index (κ3) is 5.34. The van der Waals surface area contributed by atoms with Gasteiger partial charge in [0.1, 0.15) is 11.6 Å². The first-order chi connectivity index (χ1) is 12.0. The highest BCUT2D eigenvalue weighted by Crippen LogP contribution is 2.29. The van der Waals surface area contributed by atoms with Gasteiger partial charge in [-0.1, -0.05) is 0 Å². The van der Waals surface area contributed by atoms with Gasteiger partial charge < -0.3 is 20.1 Å². The lowest BCUT2D eigenvalue weighted by Gasteiger charge is -2.14. The number of hydrogen-bond donors (Lipinski definition) is 2. The zero-order chi connectivity index (χ0) is 18.2. The molecule has 2 rings (SSSR count). The Kier molecular flexibility index (Phi) is 6.56. The SMILES string of the molecule is CN=C(NCCc1cc(F)cc(F)c1)Nc1ccc(OC)c(OC)c1. The van der Waals surface area contributed by atoms with Gasteiger partial charge in [0.05, 0.1) is 14.2 Å². The summed E-state index contributed by atoms with van der Waals surface area (Å²) in [5, 5.41) is 6.21.